The Kier molecular flexibility index (Phi) is 4.72. The third-order valence-corrected chi connectivity index (χ3v) is 3.98. The Bertz CT molecular complexity index is 956. The summed E-state index contributed by atoms with van der Waals surface area (Å²) in [6.45, 7) is 4.05. The SMILES string of the molecule is COc1ccc2nc(-c3cc(C)c(OCCO)c(C)c3)[nH]c(=O)c2c1. The van der Waals surface area contributed by atoms with Gasteiger partial charge in [0, 0.05) is 5.56 Å². The van der Waals surface area contributed by atoms with E-state index in [9.17, 15) is 4.79 Å². The van der Waals surface area contributed by atoms with Gasteiger partial charge in [0.05, 0.1) is 24.6 Å². The number of aromatic nitrogens is 2. The van der Waals surface area contributed by atoms with Crippen LogP contribution >= 0.6 is 0 Å². The fourth-order valence-corrected chi connectivity index (χ4v) is 2.84. The highest BCUT2D eigenvalue weighted by molar-refractivity contribution is 5.81. The lowest BCUT2D eigenvalue weighted by molar-refractivity contribution is 0.200. The second-order valence-electron chi connectivity index (χ2n) is 5.81. The lowest BCUT2D eigenvalue weighted by atomic mass is 10.0. The van der Waals surface area contributed by atoms with Crippen LogP contribution in [0.2, 0.25) is 0 Å². The molecular weight excluding hydrogens is 320 g/mol. The molecule has 0 aliphatic heterocycles. The molecule has 0 bridgehead atoms. The molecule has 0 spiro atoms. The van der Waals surface area contributed by atoms with Gasteiger partial charge in [-0.2, -0.15) is 0 Å². The molecule has 6 nitrogen and oxygen atoms in total. The number of H-pyrrole nitrogens is 1. The van der Waals surface area contributed by atoms with Crippen LogP contribution in [0.1, 0.15) is 11.1 Å². The summed E-state index contributed by atoms with van der Waals surface area (Å²) in [7, 11) is 1.56. The molecule has 0 radical (unpaired) electrons. The van der Waals surface area contributed by atoms with Gasteiger partial charge in [0.15, 0.2) is 0 Å². The number of hydrogen-bond donors (Lipinski definition) is 2. The van der Waals surface area contributed by atoms with Crippen LogP contribution in [0.5, 0.6) is 11.5 Å². The first-order valence-corrected chi connectivity index (χ1v) is 7.97. The monoisotopic (exact) mass is 340 g/mol. The van der Waals surface area contributed by atoms with Gasteiger partial charge >= 0.3 is 0 Å². The first kappa shape index (κ1) is 17.0. The van der Waals surface area contributed by atoms with Gasteiger partial charge in [0.1, 0.15) is 23.9 Å². The summed E-state index contributed by atoms with van der Waals surface area (Å²) in [6.07, 6.45) is 0. The number of aliphatic hydroxyl groups is 1. The van der Waals surface area contributed by atoms with E-state index in [1.54, 1.807) is 25.3 Å². The number of methoxy groups -OCH3 is 1. The van der Waals surface area contributed by atoms with Crippen molar-refractivity contribution in [1.29, 1.82) is 0 Å². The molecule has 2 N–H and O–H groups in total. The number of fused-ring (bicyclic) bond motifs is 1. The van der Waals surface area contributed by atoms with E-state index in [-0.39, 0.29) is 18.8 Å². The number of benzene rings is 2. The first-order chi connectivity index (χ1) is 12.0. The van der Waals surface area contributed by atoms with Gasteiger partial charge in [-0.1, -0.05) is 0 Å². The molecule has 0 atom stereocenters. The van der Waals surface area contributed by atoms with E-state index in [0.717, 1.165) is 22.4 Å². The molecule has 6 heteroatoms. The summed E-state index contributed by atoms with van der Waals surface area (Å²) < 4.78 is 10.7. The number of nitrogens with one attached hydrogen (secondary N) is 1. The van der Waals surface area contributed by atoms with E-state index in [1.165, 1.54) is 0 Å². The zero-order valence-corrected chi connectivity index (χ0v) is 14.4. The van der Waals surface area contributed by atoms with Gasteiger partial charge < -0.3 is 19.6 Å². The average molecular weight is 340 g/mol. The minimum atomic E-state index is -0.213. The molecule has 1 aromatic heterocycles. The van der Waals surface area contributed by atoms with E-state index in [0.29, 0.717) is 22.5 Å². The predicted octanol–water partition coefficient (Wildman–Crippen LogP) is 2.59. The van der Waals surface area contributed by atoms with Crippen LogP contribution in [-0.2, 0) is 0 Å². The summed E-state index contributed by atoms with van der Waals surface area (Å²) in [6, 6.07) is 9.04. The minimum Gasteiger partial charge on any atom is -0.497 e. The molecule has 0 aliphatic rings. The van der Waals surface area contributed by atoms with E-state index in [2.05, 4.69) is 9.97 Å². The average Bonchev–Trinajstić information content (AvgIpc) is 2.60. The second kappa shape index (κ2) is 6.94. The number of aliphatic hydroxyl groups excluding tert-OH is 1. The van der Waals surface area contributed by atoms with Crippen molar-refractivity contribution < 1.29 is 14.6 Å². The Hall–Kier alpha value is -2.86. The third kappa shape index (κ3) is 3.34. The van der Waals surface area contributed by atoms with Crippen LogP contribution in [0.3, 0.4) is 0 Å². The highest BCUT2D eigenvalue weighted by atomic mass is 16.5. The maximum atomic E-state index is 12.4. The van der Waals surface area contributed by atoms with Crippen molar-refractivity contribution in [2.45, 2.75) is 13.8 Å². The van der Waals surface area contributed by atoms with E-state index in [1.807, 2.05) is 26.0 Å². The summed E-state index contributed by atoms with van der Waals surface area (Å²) in [4.78, 5) is 19.8. The molecule has 0 unspecified atom stereocenters. The van der Waals surface area contributed by atoms with Gasteiger partial charge in [-0.3, -0.25) is 4.79 Å². The number of aryl methyl sites for hydroxylation is 2. The molecular formula is C19H20N2O4. The van der Waals surface area contributed by atoms with Crippen LogP contribution in [0.25, 0.3) is 22.3 Å². The standard InChI is InChI=1S/C19H20N2O4/c1-11-8-13(9-12(2)17(11)25-7-6-22)18-20-16-5-4-14(24-3)10-15(16)19(23)21-18/h4-5,8-10,22H,6-7H2,1-3H3,(H,20,21,23). The topological polar surface area (TPSA) is 84.4 Å². The fourth-order valence-electron chi connectivity index (χ4n) is 2.84. The molecule has 25 heavy (non-hydrogen) atoms. The number of ether oxygens (including phenoxy) is 2. The summed E-state index contributed by atoms with van der Waals surface area (Å²) in [5.41, 5.74) is 3.04. The van der Waals surface area contributed by atoms with Crippen molar-refractivity contribution in [1.82, 2.24) is 9.97 Å². The van der Waals surface area contributed by atoms with Gasteiger partial charge in [-0.25, -0.2) is 4.98 Å². The fraction of sp³-hybridized carbons (Fsp3) is 0.263. The Morgan fingerprint density at radius 2 is 1.88 bits per heavy atom. The maximum absolute atomic E-state index is 12.4. The minimum absolute atomic E-state index is 0.0381. The van der Waals surface area contributed by atoms with Crippen molar-refractivity contribution >= 4 is 10.9 Å². The predicted molar refractivity (Wildman–Crippen MR) is 96.4 cm³/mol. The normalized spacial score (nSPS) is 10.9. The van der Waals surface area contributed by atoms with Crippen molar-refractivity contribution in [3.63, 3.8) is 0 Å². The van der Waals surface area contributed by atoms with Gasteiger partial charge in [-0.05, 0) is 55.3 Å². The number of rotatable bonds is 5. The Morgan fingerprint density at radius 1 is 1.16 bits per heavy atom. The van der Waals surface area contributed by atoms with Crippen LogP contribution in [0, 0.1) is 13.8 Å². The lowest BCUT2D eigenvalue weighted by Crippen LogP contribution is -2.10. The molecule has 0 saturated heterocycles. The molecule has 130 valence electrons. The molecule has 3 rings (SSSR count). The van der Waals surface area contributed by atoms with Gasteiger partial charge in [-0.15, -0.1) is 0 Å². The number of nitrogens with zero attached hydrogens (tertiary/aromatic N) is 1. The maximum Gasteiger partial charge on any atom is 0.259 e. The Morgan fingerprint density at radius 3 is 2.52 bits per heavy atom. The Balaban J connectivity index is 2.09. The van der Waals surface area contributed by atoms with Crippen LogP contribution < -0.4 is 15.0 Å². The lowest BCUT2D eigenvalue weighted by Gasteiger charge is -2.13. The third-order valence-electron chi connectivity index (χ3n) is 3.98. The first-order valence-electron chi connectivity index (χ1n) is 7.97. The number of hydrogen-bond acceptors (Lipinski definition) is 5. The molecule has 1 heterocycles. The largest absolute Gasteiger partial charge is 0.497 e. The molecule has 2 aromatic carbocycles. The molecule has 0 aliphatic carbocycles. The number of aromatic amines is 1. The zero-order chi connectivity index (χ0) is 18.0. The van der Waals surface area contributed by atoms with E-state index >= 15 is 0 Å². The quantitative estimate of drug-likeness (QED) is 0.746. The van der Waals surface area contributed by atoms with Crippen LogP contribution in [0.4, 0.5) is 0 Å². The molecule has 0 fully saturated rings. The summed E-state index contributed by atoms with van der Waals surface area (Å²) in [5, 5.41) is 9.41. The van der Waals surface area contributed by atoms with Crippen molar-refractivity contribution in [2.75, 3.05) is 20.3 Å². The summed E-state index contributed by atoms with van der Waals surface area (Å²) in [5.74, 6) is 1.86. The van der Waals surface area contributed by atoms with Crippen LogP contribution in [0.15, 0.2) is 35.1 Å². The van der Waals surface area contributed by atoms with Crippen molar-refractivity contribution in [3.8, 4) is 22.9 Å². The Labute approximate surface area is 145 Å². The van der Waals surface area contributed by atoms with Crippen LogP contribution in [-0.4, -0.2) is 35.4 Å². The second-order valence-corrected chi connectivity index (χ2v) is 5.81. The highest BCUT2D eigenvalue weighted by Crippen LogP contribution is 2.29. The highest BCUT2D eigenvalue weighted by Gasteiger charge is 2.11. The molecule has 0 amide bonds. The molecule has 0 saturated carbocycles. The zero-order valence-electron chi connectivity index (χ0n) is 14.4. The van der Waals surface area contributed by atoms with E-state index in [4.69, 9.17) is 14.6 Å². The van der Waals surface area contributed by atoms with E-state index < -0.39 is 0 Å². The summed E-state index contributed by atoms with van der Waals surface area (Å²) >= 11 is 0. The van der Waals surface area contributed by atoms with Crippen molar-refractivity contribution in [2.24, 2.45) is 0 Å². The van der Waals surface area contributed by atoms with Gasteiger partial charge in [0.25, 0.3) is 5.56 Å². The van der Waals surface area contributed by atoms with Crippen molar-refractivity contribution in [3.05, 3.63) is 51.8 Å². The molecule has 3 aromatic rings. The smallest absolute Gasteiger partial charge is 0.259 e. The van der Waals surface area contributed by atoms with Gasteiger partial charge in [0.2, 0.25) is 0 Å².